The smallest absolute Gasteiger partial charge is 0.101 e. The normalized spacial score (nSPS) is 11.5. The van der Waals surface area contributed by atoms with Crippen LogP contribution in [0.4, 0.5) is 0 Å². The summed E-state index contributed by atoms with van der Waals surface area (Å²) in [6.45, 7) is 0. The largest absolute Gasteiger partial charge is 0.254 e. The minimum Gasteiger partial charge on any atom is -0.254 e. The molecule has 5 nitrogen and oxygen atoms in total. The summed E-state index contributed by atoms with van der Waals surface area (Å²) in [4.78, 5) is 14.8. The van der Waals surface area contributed by atoms with Gasteiger partial charge in [-0.15, -0.1) is 0 Å². The van der Waals surface area contributed by atoms with E-state index in [1.165, 1.54) is 10.8 Å². The van der Waals surface area contributed by atoms with E-state index in [1.54, 1.807) is 0 Å². The first-order valence-corrected chi connectivity index (χ1v) is 17.1. The van der Waals surface area contributed by atoms with Crippen molar-refractivity contribution < 1.29 is 0 Å². The molecule has 0 N–H and O–H groups in total. The lowest BCUT2D eigenvalue weighted by Gasteiger charge is -2.12. The Hall–Kier alpha value is -6.98. The zero-order valence-corrected chi connectivity index (χ0v) is 27.5. The van der Waals surface area contributed by atoms with Crippen LogP contribution in [0.15, 0.2) is 176 Å². The maximum atomic E-state index is 5.30. The van der Waals surface area contributed by atoms with E-state index >= 15 is 0 Å². The van der Waals surface area contributed by atoms with Crippen molar-refractivity contribution in [1.82, 2.24) is 24.7 Å². The molecule has 51 heavy (non-hydrogen) atoms. The zero-order chi connectivity index (χ0) is 33.7. The molecule has 0 unspecified atom stereocenters. The van der Waals surface area contributed by atoms with E-state index in [0.29, 0.717) is 0 Å². The number of benzene rings is 6. The Morgan fingerprint density at radius 1 is 0.431 bits per heavy atom. The van der Waals surface area contributed by atoms with Gasteiger partial charge in [0.25, 0.3) is 0 Å². The number of pyridine rings is 3. The molecule has 0 fully saturated rings. The fourth-order valence-electron chi connectivity index (χ4n) is 7.19. The summed E-state index contributed by atoms with van der Waals surface area (Å²) in [5.74, 6) is 0. The van der Waals surface area contributed by atoms with Crippen molar-refractivity contribution in [3.05, 3.63) is 176 Å². The Kier molecular flexibility index (Phi) is 6.74. The molecule has 5 heteroatoms. The second-order valence-corrected chi connectivity index (χ2v) is 12.7. The molecule has 0 amide bonds. The Balaban J connectivity index is 1.11. The Bertz CT molecular complexity index is 2900. The summed E-state index contributed by atoms with van der Waals surface area (Å²) in [5.41, 5.74) is 11.8. The third-order valence-electron chi connectivity index (χ3n) is 9.65. The van der Waals surface area contributed by atoms with E-state index in [-0.39, 0.29) is 0 Å². The SMILES string of the molecule is c1ccc(-c2nn(-c3ccccc3)c3c2c(-c2ccc(-c4cccc(-c5ccc6ccc7cccnc7c6n5)n4)cc2)cc2ccccc23)cc1. The summed E-state index contributed by atoms with van der Waals surface area (Å²) in [7, 11) is 0. The summed E-state index contributed by atoms with van der Waals surface area (Å²) >= 11 is 0. The maximum absolute atomic E-state index is 5.30. The van der Waals surface area contributed by atoms with Gasteiger partial charge in [-0.2, -0.15) is 5.10 Å². The predicted octanol–water partition coefficient (Wildman–Crippen LogP) is 11.3. The van der Waals surface area contributed by atoms with Crippen molar-refractivity contribution in [2.75, 3.05) is 0 Å². The topological polar surface area (TPSA) is 56.5 Å². The highest BCUT2D eigenvalue weighted by molar-refractivity contribution is 6.17. The number of hydrogen-bond donors (Lipinski definition) is 0. The third kappa shape index (κ3) is 4.94. The summed E-state index contributed by atoms with van der Waals surface area (Å²) in [5, 5.41) is 10.9. The molecule has 0 saturated heterocycles. The van der Waals surface area contributed by atoms with E-state index in [0.717, 1.165) is 83.4 Å². The number of aromatic nitrogens is 5. The Morgan fingerprint density at radius 2 is 1.10 bits per heavy atom. The van der Waals surface area contributed by atoms with Gasteiger partial charge in [-0.1, -0.05) is 127 Å². The van der Waals surface area contributed by atoms with Gasteiger partial charge in [-0.05, 0) is 59.0 Å². The molecule has 0 bridgehead atoms. The fourth-order valence-corrected chi connectivity index (χ4v) is 7.19. The van der Waals surface area contributed by atoms with Crippen molar-refractivity contribution in [2.45, 2.75) is 0 Å². The standard InChI is InChI=1S/C46H29N5/c1-3-11-32(12-4-1)43-42-38(29-35-13-7-8-17-37(35)46(42)51(50-43)36-15-5-2-6-16-36)30-20-22-31(23-21-30)39-18-9-19-40(48-39)41-27-26-34-25-24-33-14-10-28-47-44(33)45(34)49-41/h1-29H. The number of para-hydroxylation sites is 1. The predicted molar refractivity (Wildman–Crippen MR) is 209 cm³/mol. The number of nitrogens with zero attached hydrogens (tertiary/aromatic N) is 5. The van der Waals surface area contributed by atoms with Gasteiger partial charge in [-0.25, -0.2) is 14.6 Å². The first-order chi connectivity index (χ1) is 25.3. The fraction of sp³-hybridized carbons (Fsp3) is 0. The van der Waals surface area contributed by atoms with Crippen LogP contribution in [0.3, 0.4) is 0 Å². The van der Waals surface area contributed by atoms with E-state index < -0.39 is 0 Å². The monoisotopic (exact) mass is 651 g/mol. The van der Waals surface area contributed by atoms with Crippen molar-refractivity contribution in [3.8, 4) is 50.7 Å². The van der Waals surface area contributed by atoms with E-state index in [2.05, 4.69) is 149 Å². The molecule has 0 radical (unpaired) electrons. The summed E-state index contributed by atoms with van der Waals surface area (Å²) in [6, 6.07) is 59.0. The highest BCUT2D eigenvalue weighted by Gasteiger charge is 2.21. The molecule has 10 aromatic rings. The van der Waals surface area contributed by atoms with Gasteiger partial charge >= 0.3 is 0 Å². The molecular formula is C46H29N5. The molecule has 4 heterocycles. The van der Waals surface area contributed by atoms with E-state index in [4.69, 9.17) is 15.1 Å². The average Bonchev–Trinajstić information content (AvgIpc) is 3.62. The lowest BCUT2D eigenvalue weighted by molar-refractivity contribution is 0.918. The van der Waals surface area contributed by atoms with Crippen LogP contribution in [-0.4, -0.2) is 24.7 Å². The average molecular weight is 652 g/mol. The molecule has 0 atom stereocenters. The number of rotatable bonds is 5. The minimum absolute atomic E-state index is 0.821. The van der Waals surface area contributed by atoms with Gasteiger partial charge < -0.3 is 0 Å². The third-order valence-corrected chi connectivity index (χ3v) is 9.65. The van der Waals surface area contributed by atoms with Gasteiger partial charge in [0.1, 0.15) is 5.69 Å². The van der Waals surface area contributed by atoms with Crippen LogP contribution in [0.5, 0.6) is 0 Å². The van der Waals surface area contributed by atoms with Gasteiger partial charge in [-0.3, -0.25) is 4.98 Å². The van der Waals surface area contributed by atoms with Crippen molar-refractivity contribution in [3.63, 3.8) is 0 Å². The first kappa shape index (κ1) is 29.0. The minimum atomic E-state index is 0.821. The number of hydrogen-bond acceptors (Lipinski definition) is 4. The Morgan fingerprint density at radius 3 is 1.94 bits per heavy atom. The molecule has 0 saturated carbocycles. The van der Waals surface area contributed by atoms with Gasteiger partial charge in [0.05, 0.1) is 39.3 Å². The van der Waals surface area contributed by atoms with Crippen LogP contribution < -0.4 is 0 Å². The van der Waals surface area contributed by atoms with Crippen molar-refractivity contribution >= 4 is 43.5 Å². The Labute approximate surface area is 294 Å². The van der Waals surface area contributed by atoms with Crippen LogP contribution >= 0.6 is 0 Å². The second kappa shape index (κ2) is 11.9. The highest BCUT2D eigenvalue weighted by atomic mass is 15.3. The van der Waals surface area contributed by atoms with Gasteiger partial charge in [0.15, 0.2) is 0 Å². The quantitative estimate of drug-likeness (QED) is 0.174. The van der Waals surface area contributed by atoms with Crippen LogP contribution in [0.1, 0.15) is 0 Å². The molecule has 10 rings (SSSR count). The zero-order valence-electron chi connectivity index (χ0n) is 27.5. The van der Waals surface area contributed by atoms with Crippen molar-refractivity contribution in [1.29, 1.82) is 0 Å². The molecule has 0 aliphatic carbocycles. The highest BCUT2D eigenvalue weighted by Crippen LogP contribution is 2.42. The molecule has 6 aromatic carbocycles. The lowest BCUT2D eigenvalue weighted by Crippen LogP contribution is -1.96. The summed E-state index contributed by atoms with van der Waals surface area (Å²) in [6.07, 6.45) is 1.82. The van der Waals surface area contributed by atoms with Gasteiger partial charge in [0.2, 0.25) is 0 Å². The molecular weight excluding hydrogens is 623 g/mol. The second-order valence-electron chi connectivity index (χ2n) is 12.7. The van der Waals surface area contributed by atoms with E-state index in [1.807, 2.05) is 36.5 Å². The van der Waals surface area contributed by atoms with E-state index in [9.17, 15) is 0 Å². The molecule has 0 aliphatic heterocycles. The molecule has 238 valence electrons. The van der Waals surface area contributed by atoms with Crippen LogP contribution in [-0.2, 0) is 0 Å². The first-order valence-electron chi connectivity index (χ1n) is 17.1. The number of fused-ring (bicyclic) bond motifs is 6. The maximum Gasteiger partial charge on any atom is 0.101 e. The molecule has 0 spiro atoms. The van der Waals surface area contributed by atoms with Crippen LogP contribution in [0.2, 0.25) is 0 Å². The summed E-state index contributed by atoms with van der Waals surface area (Å²) < 4.78 is 2.10. The van der Waals surface area contributed by atoms with Crippen LogP contribution in [0.25, 0.3) is 94.2 Å². The van der Waals surface area contributed by atoms with Gasteiger partial charge in [0, 0.05) is 38.9 Å². The molecule has 0 aliphatic rings. The van der Waals surface area contributed by atoms with Crippen LogP contribution in [0, 0.1) is 0 Å². The lowest BCUT2D eigenvalue weighted by atomic mass is 9.93. The molecule has 4 aromatic heterocycles. The van der Waals surface area contributed by atoms with Crippen molar-refractivity contribution in [2.24, 2.45) is 0 Å².